The minimum atomic E-state index is -4.14. The summed E-state index contributed by atoms with van der Waals surface area (Å²) in [5.41, 5.74) is 1.36. The number of carbonyl (C=O) groups excluding carboxylic acids is 1. The standard InChI is InChI=1S/C47H54N5O9P/c1-32(2)52(33(3)4)62(55,59-28-14-27-48)61-41-29-43(51-30-34(5)44(50-46(51)54)49-45(53)35-15-10-8-11-16-35)60-42(41)31-58-47(36-17-12-9-13-18-36,37-19-23-39(56-6)24-20-37)38-21-25-40(57-7)26-22-38/h8-13,15-26,30,32-33,41-43H,14,28-29,31H2,1-7H3,(H,49,50,53,54)/t41-,42+,43?,62?/m0/s1. The van der Waals surface area contributed by atoms with E-state index in [0.29, 0.717) is 22.6 Å². The molecule has 1 aromatic heterocycles. The number of ether oxygens (including phenoxy) is 4. The van der Waals surface area contributed by atoms with Gasteiger partial charge in [-0.05, 0) is 87.7 Å². The van der Waals surface area contributed by atoms with Crippen molar-refractivity contribution < 1.29 is 37.4 Å². The highest BCUT2D eigenvalue weighted by Gasteiger charge is 2.48. The van der Waals surface area contributed by atoms with E-state index in [2.05, 4.69) is 16.4 Å². The van der Waals surface area contributed by atoms with Crippen molar-refractivity contribution in [2.24, 2.45) is 0 Å². The van der Waals surface area contributed by atoms with E-state index in [1.165, 1.54) is 4.57 Å². The zero-order valence-corrected chi connectivity index (χ0v) is 37.0. The summed E-state index contributed by atoms with van der Waals surface area (Å²) in [6, 6.07) is 35.1. The molecule has 6 rings (SSSR count). The Morgan fingerprint density at radius 2 is 1.45 bits per heavy atom. The summed E-state index contributed by atoms with van der Waals surface area (Å²) in [5.74, 6) is 1.02. The van der Waals surface area contributed by atoms with Crippen molar-refractivity contribution in [3.05, 3.63) is 154 Å². The molecule has 14 nitrogen and oxygen atoms in total. The molecule has 1 saturated heterocycles. The molecule has 1 aliphatic heterocycles. The zero-order valence-electron chi connectivity index (χ0n) is 36.1. The first-order chi connectivity index (χ1) is 29.8. The number of hydrogen-bond acceptors (Lipinski definition) is 11. The molecule has 5 aromatic rings. The molecule has 0 bridgehead atoms. The van der Waals surface area contributed by atoms with Gasteiger partial charge in [-0.3, -0.25) is 18.4 Å². The Morgan fingerprint density at radius 1 is 0.903 bits per heavy atom. The van der Waals surface area contributed by atoms with Gasteiger partial charge in [0.05, 0.1) is 39.9 Å². The van der Waals surface area contributed by atoms with Gasteiger partial charge < -0.3 is 24.3 Å². The third-order valence-corrected chi connectivity index (χ3v) is 13.1. The van der Waals surface area contributed by atoms with Gasteiger partial charge in [0.25, 0.3) is 5.91 Å². The quantitative estimate of drug-likeness (QED) is 0.0478. The van der Waals surface area contributed by atoms with Gasteiger partial charge in [-0.25, -0.2) is 14.0 Å². The van der Waals surface area contributed by atoms with Crippen molar-refractivity contribution in [2.75, 3.05) is 32.8 Å². The zero-order chi connectivity index (χ0) is 44.4. The van der Waals surface area contributed by atoms with Gasteiger partial charge in [-0.15, -0.1) is 0 Å². The second-order valence-electron chi connectivity index (χ2n) is 15.4. The molecule has 1 N–H and O–H groups in total. The Balaban J connectivity index is 1.43. The summed E-state index contributed by atoms with van der Waals surface area (Å²) in [4.78, 5) is 31.1. The number of aromatic nitrogens is 2. The maximum Gasteiger partial charge on any atom is 0.409 e. The molecule has 1 fully saturated rings. The molecule has 4 atom stereocenters. The van der Waals surface area contributed by atoms with Crippen LogP contribution in [0.25, 0.3) is 0 Å². The third kappa shape index (κ3) is 10.2. The van der Waals surface area contributed by atoms with E-state index in [1.807, 2.05) is 107 Å². The second-order valence-corrected chi connectivity index (χ2v) is 17.3. The Bertz CT molecular complexity index is 2350. The van der Waals surface area contributed by atoms with E-state index in [4.69, 9.17) is 28.0 Å². The SMILES string of the molecule is COc1ccc(C(OC[C@H]2OC(n3cc(C)c(NC(=O)c4ccccc4)nc3=O)C[C@@H]2OP(=O)(OCCC#N)N(C(C)C)C(C)C)(c2ccccc2)c2ccc(OC)cc2)cc1. The van der Waals surface area contributed by atoms with Crippen molar-refractivity contribution in [2.45, 2.75) is 83.6 Å². The summed E-state index contributed by atoms with van der Waals surface area (Å²) in [5, 5.41) is 12.1. The maximum atomic E-state index is 15.1. The molecule has 62 heavy (non-hydrogen) atoms. The fraction of sp³-hybridized carbons (Fsp3) is 0.362. The molecule has 1 aliphatic rings. The summed E-state index contributed by atoms with van der Waals surface area (Å²) >= 11 is 0. The Hall–Kier alpha value is -5.65. The molecule has 1 amide bonds. The summed E-state index contributed by atoms with van der Waals surface area (Å²) in [6.07, 6.45) is -1.25. The molecular formula is C47H54N5O9P. The highest BCUT2D eigenvalue weighted by Crippen LogP contribution is 2.57. The normalized spacial score (nSPS) is 17.5. The fourth-order valence-corrected chi connectivity index (χ4v) is 10.1. The van der Waals surface area contributed by atoms with E-state index in [-0.39, 0.29) is 44.0 Å². The summed E-state index contributed by atoms with van der Waals surface area (Å²) in [6.45, 7) is 9.04. The highest BCUT2D eigenvalue weighted by molar-refractivity contribution is 7.51. The number of nitrogens with one attached hydrogen (secondary N) is 1. The Labute approximate surface area is 362 Å². The number of methoxy groups -OCH3 is 2. The van der Waals surface area contributed by atoms with Gasteiger partial charge in [-0.2, -0.15) is 10.2 Å². The van der Waals surface area contributed by atoms with Crippen LogP contribution in [0.15, 0.2) is 120 Å². The van der Waals surface area contributed by atoms with Crippen LogP contribution >= 0.6 is 7.75 Å². The average molecular weight is 864 g/mol. The Morgan fingerprint density at radius 3 is 1.98 bits per heavy atom. The summed E-state index contributed by atoms with van der Waals surface area (Å²) < 4.78 is 55.8. The lowest BCUT2D eigenvalue weighted by Gasteiger charge is -2.39. The third-order valence-electron chi connectivity index (χ3n) is 10.6. The predicted octanol–water partition coefficient (Wildman–Crippen LogP) is 8.66. The van der Waals surface area contributed by atoms with Crippen molar-refractivity contribution in [1.82, 2.24) is 14.2 Å². The van der Waals surface area contributed by atoms with E-state index in [9.17, 15) is 14.9 Å². The van der Waals surface area contributed by atoms with E-state index in [0.717, 1.165) is 16.7 Å². The first-order valence-electron chi connectivity index (χ1n) is 20.5. The number of rotatable bonds is 19. The topological polar surface area (TPSA) is 163 Å². The second kappa shape index (κ2) is 20.5. The van der Waals surface area contributed by atoms with Crippen LogP contribution in [0.5, 0.6) is 11.5 Å². The van der Waals surface area contributed by atoms with Gasteiger partial charge in [0.15, 0.2) is 0 Å². The van der Waals surface area contributed by atoms with Crippen LogP contribution in [0.3, 0.4) is 0 Å². The van der Waals surface area contributed by atoms with Gasteiger partial charge in [0.1, 0.15) is 41.4 Å². The minimum Gasteiger partial charge on any atom is -0.497 e. The van der Waals surface area contributed by atoms with Crippen molar-refractivity contribution in [1.29, 1.82) is 5.26 Å². The first-order valence-corrected chi connectivity index (χ1v) is 22.0. The number of anilines is 1. The number of nitrogens with zero attached hydrogens (tertiary/aromatic N) is 4. The van der Waals surface area contributed by atoms with Crippen LogP contribution in [0.4, 0.5) is 5.82 Å². The molecule has 0 saturated carbocycles. The Kier molecular flexibility index (Phi) is 15.2. The van der Waals surface area contributed by atoms with E-state index in [1.54, 1.807) is 62.3 Å². The number of benzene rings is 4. The lowest BCUT2D eigenvalue weighted by molar-refractivity contribution is -0.0938. The van der Waals surface area contributed by atoms with Crippen LogP contribution in [-0.4, -0.2) is 71.9 Å². The average Bonchev–Trinajstić information content (AvgIpc) is 3.67. The van der Waals surface area contributed by atoms with Crippen LogP contribution < -0.4 is 20.5 Å². The molecule has 0 aliphatic carbocycles. The maximum absolute atomic E-state index is 15.1. The lowest BCUT2D eigenvalue weighted by atomic mass is 9.80. The number of aryl methyl sites for hydroxylation is 1. The molecule has 326 valence electrons. The number of hydrogen-bond donors (Lipinski definition) is 1. The highest BCUT2D eigenvalue weighted by atomic mass is 31.2. The number of carbonyl (C=O) groups is 1. The largest absolute Gasteiger partial charge is 0.497 e. The fourth-order valence-electron chi connectivity index (χ4n) is 7.77. The van der Waals surface area contributed by atoms with Gasteiger partial charge >= 0.3 is 13.4 Å². The van der Waals surface area contributed by atoms with Crippen LogP contribution in [0.2, 0.25) is 0 Å². The molecule has 2 heterocycles. The first kappa shape index (κ1) is 45.9. The van der Waals surface area contributed by atoms with Crippen molar-refractivity contribution >= 4 is 19.5 Å². The minimum absolute atomic E-state index is 0.00940. The van der Waals surface area contributed by atoms with Crippen LogP contribution in [0, 0.1) is 18.3 Å². The molecule has 0 spiro atoms. The number of amides is 1. The van der Waals surface area contributed by atoms with E-state index >= 15 is 4.57 Å². The van der Waals surface area contributed by atoms with Gasteiger partial charge in [-0.1, -0.05) is 72.8 Å². The smallest absolute Gasteiger partial charge is 0.409 e. The van der Waals surface area contributed by atoms with Crippen molar-refractivity contribution in [3.63, 3.8) is 0 Å². The van der Waals surface area contributed by atoms with Crippen LogP contribution in [-0.2, 0) is 28.7 Å². The molecule has 2 unspecified atom stereocenters. The van der Waals surface area contributed by atoms with Gasteiger partial charge in [0.2, 0.25) is 0 Å². The summed E-state index contributed by atoms with van der Waals surface area (Å²) in [7, 11) is -0.932. The number of nitriles is 1. The molecule has 4 aromatic carbocycles. The van der Waals surface area contributed by atoms with Crippen molar-refractivity contribution in [3.8, 4) is 17.6 Å². The molecule has 15 heteroatoms. The molecule has 0 radical (unpaired) electrons. The monoisotopic (exact) mass is 863 g/mol. The molecular weight excluding hydrogens is 810 g/mol. The lowest BCUT2D eigenvalue weighted by Crippen LogP contribution is -2.40. The predicted molar refractivity (Wildman–Crippen MR) is 235 cm³/mol. The van der Waals surface area contributed by atoms with Gasteiger partial charge in [0, 0.05) is 35.8 Å². The van der Waals surface area contributed by atoms with E-state index < -0.39 is 43.4 Å². The van der Waals surface area contributed by atoms with Crippen LogP contribution in [0.1, 0.15) is 79.4 Å².